The van der Waals surface area contributed by atoms with Gasteiger partial charge >= 0.3 is 0 Å². The van der Waals surface area contributed by atoms with Crippen LogP contribution >= 0.6 is 11.3 Å². The molecule has 4 rings (SSSR count). The van der Waals surface area contributed by atoms with E-state index in [0.29, 0.717) is 11.3 Å². The number of amides is 1. The van der Waals surface area contributed by atoms with Crippen molar-refractivity contribution >= 4 is 33.1 Å². The fraction of sp³-hybridized carbons (Fsp3) is 0.0476. The number of hydrogen-bond acceptors (Lipinski definition) is 4. The lowest BCUT2D eigenvalue weighted by Gasteiger charge is -2.08. The summed E-state index contributed by atoms with van der Waals surface area (Å²) in [5, 5.41) is 3.94. The van der Waals surface area contributed by atoms with Crippen LogP contribution in [0, 0.1) is 6.92 Å². The van der Waals surface area contributed by atoms with Crippen molar-refractivity contribution in [2.75, 3.05) is 5.32 Å². The molecule has 1 heterocycles. The molecule has 0 atom stereocenters. The van der Waals surface area contributed by atoms with E-state index in [1.807, 2.05) is 55.5 Å². The zero-order valence-corrected chi connectivity index (χ0v) is 14.9. The minimum atomic E-state index is -0.156. The number of nitrogens with zero attached hydrogens (tertiary/aromatic N) is 1. The van der Waals surface area contributed by atoms with Crippen molar-refractivity contribution in [1.29, 1.82) is 0 Å². The SMILES string of the molecule is Cc1nc2ccc(NC(=O)c3ccc(Oc4ccccc4)cc3)cc2s1. The molecule has 1 N–H and O–H groups in total. The first-order chi connectivity index (χ1) is 12.7. The largest absolute Gasteiger partial charge is 0.457 e. The second-order valence-corrected chi connectivity index (χ2v) is 7.04. The van der Waals surface area contributed by atoms with Crippen LogP contribution in [-0.4, -0.2) is 10.9 Å². The number of rotatable bonds is 4. The molecule has 0 fully saturated rings. The van der Waals surface area contributed by atoms with E-state index in [2.05, 4.69) is 10.3 Å². The average Bonchev–Trinajstić information content (AvgIpc) is 3.02. The van der Waals surface area contributed by atoms with Crippen LogP contribution in [0.25, 0.3) is 10.2 Å². The van der Waals surface area contributed by atoms with Crippen LogP contribution in [0.4, 0.5) is 5.69 Å². The standard InChI is InChI=1S/C21H16N2O2S/c1-14-22-19-12-9-16(13-20(19)26-14)23-21(24)15-7-10-18(11-8-15)25-17-5-3-2-4-6-17/h2-13H,1H3,(H,23,24). The molecule has 4 aromatic rings. The molecule has 0 spiro atoms. The molecule has 5 heteroatoms. The van der Waals surface area contributed by atoms with Crippen molar-refractivity contribution in [1.82, 2.24) is 4.98 Å². The maximum atomic E-state index is 12.5. The summed E-state index contributed by atoms with van der Waals surface area (Å²) in [4.78, 5) is 16.9. The Bertz CT molecular complexity index is 1060. The molecule has 1 aromatic heterocycles. The predicted octanol–water partition coefficient (Wildman–Crippen LogP) is 5.65. The van der Waals surface area contributed by atoms with Crippen molar-refractivity contribution in [3.63, 3.8) is 0 Å². The molecule has 1 amide bonds. The highest BCUT2D eigenvalue weighted by atomic mass is 32.1. The molecule has 4 nitrogen and oxygen atoms in total. The Morgan fingerprint density at radius 3 is 2.46 bits per heavy atom. The van der Waals surface area contributed by atoms with Gasteiger partial charge < -0.3 is 10.1 Å². The minimum Gasteiger partial charge on any atom is -0.457 e. The fourth-order valence-electron chi connectivity index (χ4n) is 2.62. The van der Waals surface area contributed by atoms with Gasteiger partial charge in [0.1, 0.15) is 11.5 Å². The molecular weight excluding hydrogens is 344 g/mol. The Balaban J connectivity index is 1.47. The first-order valence-corrected chi connectivity index (χ1v) is 9.00. The third-order valence-corrected chi connectivity index (χ3v) is 4.78. The number of carbonyl (C=O) groups is 1. The minimum absolute atomic E-state index is 0.156. The molecule has 3 aromatic carbocycles. The van der Waals surface area contributed by atoms with E-state index in [1.165, 1.54) is 0 Å². The van der Waals surface area contributed by atoms with Gasteiger partial charge in [0, 0.05) is 11.3 Å². The lowest BCUT2D eigenvalue weighted by Crippen LogP contribution is -2.11. The van der Waals surface area contributed by atoms with Crippen LogP contribution in [0.15, 0.2) is 72.8 Å². The Morgan fingerprint density at radius 2 is 1.69 bits per heavy atom. The third kappa shape index (κ3) is 3.58. The van der Waals surface area contributed by atoms with E-state index in [-0.39, 0.29) is 5.91 Å². The fourth-order valence-corrected chi connectivity index (χ4v) is 3.49. The summed E-state index contributed by atoms with van der Waals surface area (Å²) >= 11 is 1.61. The quantitative estimate of drug-likeness (QED) is 0.512. The van der Waals surface area contributed by atoms with E-state index >= 15 is 0 Å². The number of ether oxygens (including phenoxy) is 1. The van der Waals surface area contributed by atoms with Gasteiger partial charge in [0.15, 0.2) is 0 Å². The van der Waals surface area contributed by atoms with Crippen LogP contribution in [0.5, 0.6) is 11.5 Å². The normalized spacial score (nSPS) is 10.7. The van der Waals surface area contributed by atoms with Crippen molar-refractivity contribution < 1.29 is 9.53 Å². The van der Waals surface area contributed by atoms with Gasteiger partial charge in [0.25, 0.3) is 5.91 Å². The van der Waals surface area contributed by atoms with Gasteiger partial charge in [-0.25, -0.2) is 4.98 Å². The first-order valence-electron chi connectivity index (χ1n) is 8.19. The zero-order chi connectivity index (χ0) is 17.9. The van der Waals surface area contributed by atoms with E-state index in [0.717, 1.165) is 26.7 Å². The molecule has 26 heavy (non-hydrogen) atoms. The van der Waals surface area contributed by atoms with Gasteiger partial charge in [-0.15, -0.1) is 11.3 Å². The maximum Gasteiger partial charge on any atom is 0.255 e. The molecule has 0 bridgehead atoms. The van der Waals surface area contributed by atoms with E-state index in [9.17, 15) is 4.79 Å². The summed E-state index contributed by atoms with van der Waals surface area (Å²) in [5.41, 5.74) is 2.29. The summed E-state index contributed by atoms with van der Waals surface area (Å²) in [5.74, 6) is 1.30. The van der Waals surface area contributed by atoms with Gasteiger partial charge in [-0.1, -0.05) is 18.2 Å². The lowest BCUT2D eigenvalue weighted by atomic mass is 10.2. The molecule has 0 radical (unpaired) electrons. The Morgan fingerprint density at radius 1 is 0.962 bits per heavy atom. The molecule has 0 aliphatic carbocycles. The van der Waals surface area contributed by atoms with Gasteiger partial charge in [-0.05, 0) is 61.5 Å². The van der Waals surface area contributed by atoms with Gasteiger partial charge in [-0.2, -0.15) is 0 Å². The smallest absolute Gasteiger partial charge is 0.255 e. The van der Waals surface area contributed by atoms with Crippen LogP contribution in [-0.2, 0) is 0 Å². The van der Waals surface area contributed by atoms with E-state index < -0.39 is 0 Å². The van der Waals surface area contributed by atoms with Crippen molar-refractivity contribution in [3.8, 4) is 11.5 Å². The van der Waals surface area contributed by atoms with E-state index in [4.69, 9.17) is 4.74 Å². The Kier molecular flexibility index (Phi) is 4.37. The number of fused-ring (bicyclic) bond motifs is 1. The highest BCUT2D eigenvalue weighted by Gasteiger charge is 2.08. The highest BCUT2D eigenvalue weighted by molar-refractivity contribution is 7.18. The molecule has 0 aliphatic heterocycles. The summed E-state index contributed by atoms with van der Waals surface area (Å²) in [6, 6.07) is 22.4. The maximum absolute atomic E-state index is 12.5. The second kappa shape index (κ2) is 6.98. The summed E-state index contributed by atoms with van der Waals surface area (Å²) < 4.78 is 6.81. The zero-order valence-electron chi connectivity index (χ0n) is 14.1. The van der Waals surface area contributed by atoms with Gasteiger partial charge in [0.05, 0.1) is 15.2 Å². The molecule has 128 valence electrons. The summed E-state index contributed by atoms with van der Waals surface area (Å²) in [6.45, 7) is 1.97. The number of nitrogens with one attached hydrogen (secondary N) is 1. The van der Waals surface area contributed by atoms with Crippen molar-refractivity contribution in [2.24, 2.45) is 0 Å². The third-order valence-electron chi connectivity index (χ3n) is 3.85. The Labute approximate surface area is 155 Å². The number of para-hydroxylation sites is 1. The number of benzene rings is 3. The van der Waals surface area contributed by atoms with Crippen LogP contribution in [0.3, 0.4) is 0 Å². The monoisotopic (exact) mass is 360 g/mol. The lowest BCUT2D eigenvalue weighted by molar-refractivity contribution is 0.102. The molecule has 0 aliphatic rings. The number of aryl methyl sites for hydroxylation is 1. The highest BCUT2D eigenvalue weighted by Crippen LogP contribution is 2.25. The van der Waals surface area contributed by atoms with Crippen molar-refractivity contribution in [3.05, 3.63) is 83.4 Å². The first kappa shape index (κ1) is 16.3. The predicted molar refractivity (Wildman–Crippen MR) is 105 cm³/mol. The number of carbonyl (C=O) groups excluding carboxylic acids is 1. The average molecular weight is 360 g/mol. The molecule has 0 saturated heterocycles. The topological polar surface area (TPSA) is 51.2 Å². The Hall–Kier alpha value is -3.18. The molecule has 0 unspecified atom stereocenters. The summed E-state index contributed by atoms with van der Waals surface area (Å²) in [7, 11) is 0. The number of aromatic nitrogens is 1. The van der Waals surface area contributed by atoms with Gasteiger partial charge in [-0.3, -0.25) is 4.79 Å². The van der Waals surface area contributed by atoms with Crippen LogP contribution in [0.2, 0.25) is 0 Å². The molecule has 0 saturated carbocycles. The molecular formula is C21H16N2O2S. The van der Waals surface area contributed by atoms with E-state index in [1.54, 1.807) is 35.6 Å². The second-order valence-electron chi connectivity index (χ2n) is 5.81. The van der Waals surface area contributed by atoms with Crippen LogP contribution < -0.4 is 10.1 Å². The number of hydrogen-bond donors (Lipinski definition) is 1. The van der Waals surface area contributed by atoms with Gasteiger partial charge in [0.2, 0.25) is 0 Å². The summed E-state index contributed by atoms with van der Waals surface area (Å²) in [6.07, 6.45) is 0. The number of anilines is 1. The number of thiazole rings is 1. The van der Waals surface area contributed by atoms with Crippen LogP contribution in [0.1, 0.15) is 15.4 Å². The van der Waals surface area contributed by atoms with Crippen molar-refractivity contribution in [2.45, 2.75) is 6.92 Å².